The van der Waals surface area contributed by atoms with Gasteiger partial charge in [0.2, 0.25) is 5.91 Å². The maximum atomic E-state index is 16.3. The summed E-state index contributed by atoms with van der Waals surface area (Å²) in [5.41, 5.74) is 11.7. The van der Waals surface area contributed by atoms with Crippen molar-refractivity contribution in [2.75, 3.05) is 67.9 Å². The third kappa shape index (κ3) is 7.69. The van der Waals surface area contributed by atoms with Crippen molar-refractivity contribution in [1.29, 1.82) is 0 Å². The Balaban J connectivity index is 0.760. The number of phenolic OH excluding ortho intramolecular Hbond substituents is 1. The number of anilines is 3. The van der Waals surface area contributed by atoms with E-state index < -0.39 is 5.67 Å². The number of alkyl halides is 1. The second-order valence-corrected chi connectivity index (χ2v) is 16.7. The number of imide groups is 1. The summed E-state index contributed by atoms with van der Waals surface area (Å²) in [6, 6.07) is 22.7. The molecular formula is C45H50FN9O4. The molecule has 4 saturated heterocycles. The number of aryl methyl sites for hydroxylation is 1. The summed E-state index contributed by atoms with van der Waals surface area (Å²) in [6.45, 7) is 6.73. The van der Waals surface area contributed by atoms with Crippen LogP contribution in [0.3, 0.4) is 0 Å². The monoisotopic (exact) mass is 799 g/mol. The third-order valence-corrected chi connectivity index (χ3v) is 12.9. The number of halogens is 1. The molecule has 6 heterocycles. The predicted octanol–water partition coefficient (Wildman–Crippen LogP) is 6.42. The molecule has 4 amide bonds. The van der Waals surface area contributed by atoms with Crippen LogP contribution in [0.15, 0.2) is 79.0 Å². The van der Waals surface area contributed by atoms with Crippen molar-refractivity contribution in [1.82, 2.24) is 29.9 Å². The van der Waals surface area contributed by atoms with Crippen LogP contribution >= 0.6 is 0 Å². The third-order valence-electron chi connectivity index (χ3n) is 12.9. The van der Waals surface area contributed by atoms with Gasteiger partial charge in [0, 0.05) is 117 Å². The van der Waals surface area contributed by atoms with Crippen LogP contribution in [0.4, 0.5) is 26.4 Å². The average molecular weight is 800 g/mol. The Bertz CT molecular complexity index is 2400. The number of benzene rings is 3. The number of piperidine rings is 2. The zero-order valence-electron chi connectivity index (χ0n) is 33.3. The standard InChI is InChI=1S/C45H50FN9O4/c1-29-26-55(38-11-10-34(24-36(29)38)54-21-15-41(57)48-44(54)59)33-13-18-51(19-14-33)28-45(46)16-22-52(23-17-45)43(58)31-8-6-30(7-9-31)32-12-20-53(27-32)39-25-37(49-50-42(39)47)35-4-2-3-5-40(35)56/h2-11,24-26,32-33,56H,12-23,27-28H2,1H3,(H2,47,50)(H,48,57,59)/t32-/m1/s1. The van der Waals surface area contributed by atoms with Crippen LogP contribution in [0.1, 0.15) is 72.0 Å². The maximum Gasteiger partial charge on any atom is 0.328 e. The number of amides is 4. The van der Waals surface area contributed by atoms with Crippen molar-refractivity contribution in [3.8, 4) is 17.0 Å². The molecule has 14 heteroatoms. The molecule has 1 atom stereocenters. The van der Waals surface area contributed by atoms with Crippen molar-refractivity contribution in [2.45, 2.75) is 63.1 Å². The number of para-hydroxylation sites is 1. The number of phenols is 1. The molecule has 3 aromatic carbocycles. The fourth-order valence-corrected chi connectivity index (χ4v) is 9.52. The van der Waals surface area contributed by atoms with Crippen LogP contribution in [-0.4, -0.2) is 106 Å². The van der Waals surface area contributed by atoms with Crippen molar-refractivity contribution in [3.05, 3.63) is 95.7 Å². The van der Waals surface area contributed by atoms with Crippen molar-refractivity contribution in [3.63, 3.8) is 0 Å². The van der Waals surface area contributed by atoms with Crippen molar-refractivity contribution >= 4 is 45.9 Å². The molecule has 9 rings (SSSR count). The highest BCUT2D eigenvalue weighted by Gasteiger charge is 2.39. The highest BCUT2D eigenvalue weighted by molar-refractivity contribution is 6.06. The fraction of sp³-hybridized carbons (Fsp3) is 0.400. The van der Waals surface area contributed by atoms with E-state index in [2.05, 4.69) is 49.1 Å². The number of carbonyl (C=O) groups is 3. The minimum atomic E-state index is -1.34. The summed E-state index contributed by atoms with van der Waals surface area (Å²) in [6.07, 6.45) is 5.84. The second kappa shape index (κ2) is 15.6. The van der Waals surface area contributed by atoms with Gasteiger partial charge < -0.3 is 30.1 Å². The molecule has 0 spiro atoms. The Morgan fingerprint density at radius 2 is 1.69 bits per heavy atom. The summed E-state index contributed by atoms with van der Waals surface area (Å²) in [7, 11) is 0. The number of nitrogens with two attached hydrogens (primary N) is 1. The Morgan fingerprint density at radius 3 is 2.44 bits per heavy atom. The summed E-state index contributed by atoms with van der Waals surface area (Å²) in [4.78, 5) is 45.5. The van der Waals surface area contributed by atoms with Crippen molar-refractivity contribution in [2.24, 2.45) is 0 Å². The number of nitrogen functional groups attached to an aromatic ring is 1. The molecule has 4 fully saturated rings. The van der Waals surface area contributed by atoms with E-state index in [1.54, 1.807) is 28.0 Å². The Labute approximate surface area is 342 Å². The predicted molar refractivity (Wildman–Crippen MR) is 225 cm³/mol. The summed E-state index contributed by atoms with van der Waals surface area (Å²) in [5.74, 6) is 0.419. The maximum absolute atomic E-state index is 16.3. The number of likely N-dealkylation sites (tertiary alicyclic amines) is 2. The summed E-state index contributed by atoms with van der Waals surface area (Å²) < 4.78 is 18.7. The van der Waals surface area contributed by atoms with Gasteiger partial charge in [0.05, 0.1) is 11.4 Å². The van der Waals surface area contributed by atoms with Gasteiger partial charge in [0.1, 0.15) is 11.4 Å². The lowest BCUT2D eigenvalue weighted by Gasteiger charge is -2.41. The van der Waals surface area contributed by atoms with E-state index in [1.165, 1.54) is 0 Å². The Morgan fingerprint density at radius 1 is 0.932 bits per heavy atom. The number of nitrogens with one attached hydrogen (secondary N) is 1. The van der Waals surface area contributed by atoms with Crippen LogP contribution in [0.25, 0.3) is 22.2 Å². The first-order valence-electron chi connectivity index (χ1n) is 20.7. The van der Waals surface area contributed by atoms with Gasteiger partial charge in [0.25, 0.3) is 5.91 Å². The SMILES string of the molecule is Cc1cn(C2CCN(CC3(F)CCN(C(=O)c4ccc([C@@H]5CCN(c6cc(-c7ccccc7O)nnc6N)C5)cc4)CC3)CC2)c2ccc(N3CCC(=O)NC3=O)cc12. The molecule has 306 valence electrons. The number of urea groups is 1. The van der Waals surface area contributed by atoms with Gasteiger partial charge in [-0.05, 0) is 85.8 Å². The van der Waals surface area contributed by atoms with Gasteiger partial charge in [0.15, 0.2) is 5.82 Å². The number of nitrogens with zero attached hydrogens (tertiary/aromatic N) is 7. The minimum absolute atomic E-state index is 0.0598. The van der Waals surface area contributed by atoms with E-state index in [4.69, 9.17) is 5.73 Å². The first-order valence-corrected chi connectivity index (χ1v) is 20.7. The number of carbonyl (C=O) groups excluding carboxylic acids is 3. The topological polar surface area (TPSA) is 153 Å². The first-order chi connectivity index (χ1) is 28.5. The number of hydrogen-bond donors (Lipinski definition) is 3. The molecule has 0 radical (unpaired) electrons. The number of fused-ring (bicyclic) bond motifs is 1. The van der Waals surface area contributed by atoms with Gasteiger partial charge in [-0.2, -0.15) is 0 Å². The molecule has 0 aliphatic carbocycles. The van der Waals surface area contributed by atoms with Crippen LogP contribution < -0.4 is 20.9 Å². The van der Waals surface area contributed by atoms with E-state index >= 15 is 4.39 Å². The lowest BCUT2D eigenvalue weighted by molar-refractivity contribution is -0.120. The lowest BCUT2D eigenvalue weighted by Crippen LogP contribution is -2.51. The molecule has 0 bridgehead atoms. The zero-order valence-corrected chi connectivity index (χ0v) is 33.3. The highest BCUT2D eigenvalue weighted by atomic mass is 19.1. The van der Waals surface area contributed by atoms with Crippen LogP contribution in [0.2, 0.25) is 0 Å². The molecule has 59 heavy (non-hydrogen) atoms. The van der Waals surface area contributed by atoms with Gasteiger partial charge >= 0.3 is 6.03 Å². The molecule has 2 aromatic heterocycles. The van der Waals surface area contributed by atoms with E-state index in [-0.39, 0.29) is 35.9 Å². The second-order valence-electron chi connectivity index (χ2n) is 16.7. The van der Waals surface area contributed by atoms with Crippen molar-refractivity contribution < 1.29 is 23.9 Å². The van der Waals surface area contributed by atoms with Crippen LogP contribution in [0, 0.1) is 6.92 Å². The van der Waals surface area contributed by atoms with Gasteiger partial charge in [-0.3, -0.25) is 19.8 Å². The lowest BCUT2D eigenvalue weighted by atomic mass is 9.91. The first kappa shape index (κ1) is 38.5. The van der Waals surface area contributed by atoms with E-state index in [0.29, 0.717) is 67.7 Å². The zero-order chi connectivity index (χ0) is 40.8. The molecule has 0 unspecified atom stereocenters. The van der Waals surface area contributed by atoms with Crippen LogP contribution in [0.5, 0.6) is 5.75 Å². The number of hydrogen-bond acceptors (Lipinski definition) is 9. The molecule has 4 aliphatic rings. The normalized spacial score (nSPS) is 20.4. The largest absolute Gasteiger partial charge is 0.507 e. The van der Waals surface area contributed by atoms with E-state index in [1.807, 2.05) is 48.5 Å². The van der Waals surface area contributed by atoms with Crippen LogP contribution in [-0.2, 0) is 4.79 Å². The molecule has 13 nitrogen and oxygen atoms in total. The number of aromatic hydroxyl groups is 1. The van der Waals surface area contributed by atoms with Gasteiger partial charge in [-0.15, -0.1) is 10.2 Å². The fourth-order valence-electron chi connectivity index (χ4n) is 9.52. The Hall–Kier alpha value is -6.02. The summed E-state index contributed by atoms with van der Waals surface area (Å²) in [5, 5.41) is 22.2. The quantitative estimate of drug-likeness (QED) is 0.162. The average Bonchev–Trinajstić information content (AvgIpc) is 3.86. The molecule has 4 N–H and O–H groups in total. The van der Waals surface area contributed by atoms with E-state index in [9.17, 15) is 19.5 Å². The molecular weight excluding hydrogens is 750 g/mol. The number of rotatable bonds is 8. The minimum Gasteiger partial charge on any atom is -0.507 e. The number of aromatic nitrogens is 3. The summed E-state index contributed by atoms with van der Waals surface area (Å²) >= 11 is 0. The van der Waals surface area contributed by atoms with Gasteiger partial charge in [-0.25, -0.2) is 9.18 Å². The smallest absolute Gasteiger partial charge is 0.328 e. The highest BCUT2D eigenvalue weighted by Crippen LogP contribution is 2.38. The Kier molecular flexibility index (Phi) is 10.2. The van der Waals surface area contributed by atoms with Gasteiger partial charge in [-0.1, -0.05) is 24.3 Å². The molecule has 5 aromatic rings. The van der Waals surface area contributed by atoms with E-state index in [0.717, 1.165) is 78.8 Å². The molecule has 4 aliphatic heterocycles. The molecule has 0 saturated carbocycles.